The Bertz CT molecular complexity index is 816. The predicted octanol–water partition coefficient (Wildman–Crippen LogP) is 3.15. The largest absolute Gasteiger partial charge is 0.494 e. The zero-order chi connectivity index (χ0) is 20.5. The molecule has 0 bridgehead atoms. The molecule has 0 fully saturated rings. The Morgan fingerprint density at radius 3 is 2.18 bits per heavy atom. The van der Waals surface area contributed by atoms with Gasteiger partial charge < -0.3 is 20.5 Å². The monoisotopic (exact) mass is 384 g/mol. The Morgan fingerprint density at radius 1 is 1.00 bits per heavy atom. The number of carbonyl (C=O) groups is 3. The van der Waals surface area contributed by atoms with Gasteiger partial charge in [0, 0.05) is 11.3 Å². The van der Waals surface area contributed by atoms with Gasteiger partial charge in [0.15, 0.2) is 6.10 Å². The van der Waals surface area contributed by atoms with Crippen molar-refractivity contribution in [1.82, 2.24) is 0 Å². The van der Waals surface area contributed by atoms with Crippen molar-refractivity contribution in [2.45, 2.75) is 32.8 Å². The van der Waals surface area contributed by atoms with Crippen LogP contribution in [0.2, 0.25) is 0 Å². The van der Waals surface area contributed by atoms with Crippen molar-refractivity contribution in [3.05, 3.63) is 59.7 Å². The van der Waals surface area contributed by atoms with Crippen molar-refractivity contribution in [2.75, 3.05) is 11.9 Å². The predicted molar refractivity (Wildman–Crippen MR) is 105 cm³/mol. The molecular weight excluding hydrogens is 360 g/mol. The number of nitrogens with one attached hydrogen (secondary N) is 1. The summed E-state index contributed by atoms with van der Waals surface area (Å²) in [5, 5.41) is 2.61. The molecule has 0 aliphatic rings. The van der Waals surface area contributed by atoms with Crippen molar-refractivity contribution in [1.29, 1.82) is 0 Å². The summed E-state index contributed by atoms with van der Waals surface area (Å²) in [4.78, 5) is 35.5. The summed E-state index contributed by atoms with van der Waals surface area (Å²) in [6.45, 7) is 4.18. The van der Waals surface area contributed by atoms with Gasteiger partial charge in [-0.1, -0.05) is 13.3 Å². The molecule has 0 unspecified atom stereocenters. The fourth-order valence-corrected chi connectivity index (χ4v) is 2.27. The van der Waals surface area contributed by atoms with E-state index >= 15 is 0 Å². The third kappa shape index (κ3) is 6.12. The van der Waals surface area contributed by atoms with Crippen LogP contribution in [0, 0.1) is 0 Å². The highest BCUT2D eigenvalue weighted by Crippen LogP contribution is 2.15. The minimum absolute atomic E-state index is 0.327. The van der Waals surface area contributed by atoms with Gasteiger partial charge in [-0.2, -0.15) is 0 Å². The van der Waals surface area contributed by atoms with Crippen LogP contribution in [-0.2, 0) is 9.53 Å². The lowest BCUT2D eigenvalue weighted by atomic mass is 10.2. The average Bonchev–Trinajstić information content (AvgIpc) is 2.69. The molecule has 0 heterocycles. The van der Waals surface area contributed by atoms with Crippen LogP contribution >= 0.6 is 0 Å². The molecule has 2 amide bonds. The smallest absolute Gasteiger partial charge is 0.338 e. The second kappa shape index (κ2) is 10.1. The average molecular weight is 384 g/mol. The van der Waals surface area contributed by atoms with E-state index in [1.165, 1.54) is 19.1 Å². The Balaban J connectivity index is 1.88. The summed E-state index contributed by atoms with van der Waals surface area (Å²) in [5.41, 5.74) is 6.30. The van der Waals surface area contributed by atoms with Crippen LogP contribution in [-0.4, -0.2) is 30.5 Å². The number of esters is 1. The SMILES string of the molecule is CCCCOc1ccc(C(=O)O[C@H](C)C(=O)Nc2ccc(C(N)=O)cc2)cc1. The van der Waals surface area contributed by atoms with Gasteiger partial charge in [0.25, 0.3) is 5.91 Å². The van der Waals surface area contributed by atoms with Gasteiger partial charge in [-0.15, -0.1) is 0 Å². The number of unbranched alkanes of at least 4 members (excludes halogenated alkanes) is 1. The van der Waals surface area contributed by atoms with Crippen LogP contribution in [0.15, 0.2) is 48.5 Å². The van der Waals surface area contributed by atoms with Crippen molar-refractivity contribution >= 4 is 23.5 Å². The third-order valence-corrected chi connectivity index (χ3v) is 3.95. The lowest BCUT2D eigenvalue weighted by Gasteiger charge is -2.14. The van der Waals surface area contributed by atoms with Crippen molar-refractivity contribution in [2.24, 2.45) is 5.73 Å². The number of ether oxygens (including phenoxy) is 2. The highest BCUT2D eigenvalue weighted by molar-refractivity contribution is 5.98. The topological polar surface area (TPSA) is 108 Å². The Hall–Kier alpha value is -3.35. The maximum atomic E-state index is 12.2. The number of amides is 2. The highest BCUT2D eigenvalue weighted by Gasteiger charge is 2.19. The Morgan fingerprint density at radius 2 is 1.61 bits per heavy atom. The minimum atomic E-state index is -0.996. The lowest BCUT2D eigenvalue weighted by molar-refractivity contribution is -0.123. The van der Waals surface area contributed by atoms with Gasteiger partial charge >= 0.3 is 5.97 Å². The van der Waals surface area contributed by atoms with E-state index in [9.17, 15) is 14.4 Å². The van der Waals surface area contributed by atoms with Gasteiger partial charge in [0.1, 0.15) is 5.75 Å². The fourth-order valence-electron chi connectivity index (χ4n) is 2.27. The normalized spacial score (nSPS) is 11.4. The van der Waals surface area contributed by atoms with Gasteiger partial charge in [0.2, 0.25) is 5.91 Å². The molecule has 2 rings (SSSR count). The number of hydrogen-bond acceptors (Lipinski definition) is 5. The van der Waals surface area contributed by atoms with E-state index in [2.05, 4.69) is 12.2 Å². The van der Waals surface area contributed by atoms with E-state index in [-0.39, 0.29) is 0 Å². The molecule has 0 aliphatic heterocycles. The number of rotatable bonds is 9. The molecule has 7 heteroatoms. The quantitative estimate of drug-likeness (QED) is 0.510. The molecule has 0 aromatic heterocycles. The Kier molecular flexibility index (Phi) is 7.56. The Labute approximate surface area is 163 Å². The molecule has 0 saturated carbocycles. The van der Waals surface area contributed by atoms with Crippen LogP contribution in [0.4, 0.5) is 5.69 Å². The van der Waals surface area contributed by atoms with Crippen molar-refractivity contribution in [3.8, 4) is 5.75 Å². The molecule has 2 aromatic rings. The number of primary amides is 1. The van der Waals surface area contributed by atoms with E-state index < -0.39 is 23.9 Å². The van der Waals surface area contributed by atoms with Crippen LogP contribution in [0.25, 0.3) is 0 Å². The number of benzene rings is 2. The molecule has 7 nitrogen and oxygen atoms in total. The van der Waals surface area contributed by atoms with E-state index in [1.807, 2.05) is 0 Å². The fraction of sp³-hybridized carbons (Fsp3) is 0.286. The van der Waals surface area contributed by atoms with Crippen LogP contribution in [0.1, 0.15) is 47.4 Å². The summed E-state index contributed by atoms with van der Waals surface area (Å²) in [6, 6.07) is 12.7. The molecule has 0 saturated heterocycles. The molecule has 1 atom stereocenters. The summed E-state index contributed by atoms with van der Waals surface area (Å²) in [6.07, 6.45) is 1.00. The summed E-state index contributed by atoms with van der Waals surface area (Å²) < 4.78 is 10.7. The van der Waals surface area contributed by atoms with Crippen LogP contribution < -0.4 is 15.8 Å². The van der Waals surface area contributed by atoms with Crippen molar-refractivity contribution < 1.29 is 23.9 Å². The molecule has 0 spiro atoms. The van der Waals surface area contributed by atoms with Crippen molar-refractivity contribution in [3.63, 3.8) is 0 Å². The highest BCUT2D eigenvalue weighted by atomic mass is 16.5. The molecule has 0 radical (unpaired) electrons. The number of nitrogens with two attached hydrogens (primary N) is 1. The first-order valence-corrected chi connectivity index (χ1v) is 9.05. The van der Waals surface area contributed by atoms with Crippen LogP contribution in [0.3, 0.4) is 0 Å². The van der Waals surface area contributed by atoms with E-state index in [1.54, 1.807) is 36.4 Å². The van der Waals surface area contributed by atoms with E-state index in [0.29, 0.717) is 29.2 Å². The summed E-state index contributed by atoms with van der Waals surface area (Å²) in [5.74, 6) is -0.969. The molecular formula is C21H24N2O5. The number of hydrogen-bond donors (Lipinski definition) is 2. The van der Waals surface area contributed by atoms with Crippen LogP contribution in [0.5, 0.6) is 5.75 Å². The second-order valence-electron chi connectivity index (χ2n) is 6.20. The lowest BCUT2D eigenvalue weighted by Crippen LogP contribution is -2.30. The molecule has 3 N–H and O–H groups in total. The molecule has 2 aromatic carbocycles. The molecule has 28 heavy (non-hydrogen) atoms. The van der Waals surface area contributed by atoms with Gasteiger partial charge in [-0.05, 0) is 61.9 Å². The zero-order valence-electron chi connectivity index (χ0n) is 15.9. The summed E-state index contributed by atoms with van der Waals surface area (Å²) >= 11 is 0. The third-order valence-electron chi connectivity index (χ3n) is 3.95. The van der Waals surface area contributed by atoms with Gasteiger partial charge in [-0.3, -0.25) is 9.59 Å². The van der Waals surface area contributed by atoms with E-state index in [4.69, 9.17) is 15.2 Å². The first-order valence-electron chi connectivity index (χ1n) is 9.05. The first-order chi connectivity index (χ1) is 13.4. The maximum Gasteiger partial charge on any atom is 0.338 e. The molecule has 0 aliphatic carbocycles. The van der Waals surface area contributed by atoms with Gasteiger partial charge in [-0.25, -0.2) is 4.79 Å². The van der Waals surface area contributed by atoms with Gasteiger partial charge in [0.05, 0.1) is 12.2 Å². The summed E-state index contributed by atoms with van der Waals surface area (Å²) in [7, 11) is 0. The first kappa shape index (κ1) is 21.0. The maximum absolute atomic E-state index is 12.2. The number of anilines is 1. The zero-order valence-corrected chi connectivity index (χ0v) is 15.9. The standard InChI is InChI=1S/C21H24N2O5/c1-3-4-13-27-18-11-7-16(8-12-18)21(26)28-14(2)20(25)23-17-9-5-15(6-10-17)19(22)24/h5-12,14H,3-4,13H2,1-2H3,(H2,22,24)(H,23,25)/t14-/m1/s1. The number of carbonyl (C=O) groups excluding carboxylic acids is 3. The minimum Gasteiger partial charge on any atom is -0.494 e. The second-order valence-corrected chi connectivity index (χ2v) is 6.20. The molecule has 148 valence electrons. The van der Waals surface area contributed by atoms with E-state index in [0.717, 1.165) is 12.8 Å².